The zero-order chi connectivity index (χ0) is 41.0. The van der Waals surface area contributed by atoms with Gasteiger partial charge in [-0.15, -0.1) is 0 Å². The minimum atomic E-state index is -4.00. The molecule has 33 heavy (non-hydrogen) atoms. The van der Waals surface area contributed by atoms with Gasteiger partial charge in [-0.1, -0.05) is 26.0 Å². The van der Waals surface area contributed by atoms with Crippen LogP contribution in [0, 0.1) is 17.2 Å². The third-order valence-electron chi connectivity index (χ3n) is 4.65. The second kappa shape index (κ2) is 12.4. The summed E-state index contributed by atoms with van der Waals surface area (Å²) in [5.74, 6) is -3.77. The van der Waals surface area contributed by atoms with Crippen molar-refractivity contribution in [1.29, 1.82) is 5.26 Å². The van der Waals surface area contributed by atoms with E-state index in [4.69, 9.17) is 45.0 Å². The minimum Gasteiger partial charge on any atom is -0.493 e. The van der Waals surface area contributed by atoms with Gasteiger partial charge in [0.05, 0.1) is 52.1 Å². The van der Waals surface area contributed by atoms with Gasteiger partial charge in [-0.05, 0) is 73.9 Å². The van der Waals surface area contributed by atoms with E-state index in [0.717, 1.165) is 32.4 Å². The SMILES string of the molecule is [2H]c1c([2H])c(C([2H])([2H])C([2H])([2H])N(C)C([2H])([2H])C([2H])([2H])C([2H])([2H])C(C#N)(c2ccc(OC([2H])([2H])[2H])c(OC([2H])([2H])[2H])c2)C(C)C)c([2H])c(OC)c1OC. The van der Waals surface area contributed by atoms with Gasteiger partial charge in [-0.25, -0.2) is 0 Å². The topological polar surface area (TPSA) is 64.0 Å². The van der Waals surface area contributed by atoms with Crippen LogP contribution in [0.1, 0.15) is 63.8 Å². The molecular formula is C27H38N2O4. The van der Waals surface area contributed by atoms with Crippen LogP contribution in [0.5, 0.6) is 23.0 Å². The van der Waals surface area contributed by atoms with Crippen molar-refractivity contribution in [3.05, 3.63) is 47.5 Å². The Morgan fingerprint density at radius 1 is 1.06 bits per heavy atom. The predicted octanol–water partition coefficient (Wildman–Crippen LogP) is 5.09. The van der Waals surface area contributed by atoms with Crippen LogP contribution in [0.25, 0.3) is 0 Å². The van der Waals surface area contributed by atoms with Crippen molar-refractivity contribution in [3.8, 4) is 29.1 Å². The highest BCUT2D eigenvalue weighted by Crippen LogP contribution is 2.40. The first-order valence-corrected chi connectivity index (χ1v) is 9.59. The molecule has 0 saturated carbocycles. The molecule has 2 aromatic rings. The Morgan fingerprint density at radius 2 is 1.79 bits per heavy atom. The van der Waals surface area contributed by atoms with Gasteiger partial charge in [-0.2, -0.15) is 5.26 Å². The van der Waals surface area contributed by atoms with Crippen molar-refractivity contribution >= 4 is 0 Å². The number of nitrogens with zero attached hydrogens (tertiary/aromatic N) is 2. The van der Waals surface area contributed by atoms with E-state index in [-0.39, 0.29) is 4.90 Å². The third kappa shape index (κ3) is 6.33. The molecule has 0 spiro atoms. The lowest BCUT2D eigenvalue weighted by molar-refractivity contribution is 0.292. The fraction of sp³-hybridized carbons (Fsp3) is 0.519. The summed E-state index contributed by atoms with van der Waals surface area (Å²) in [6.07, 6.45) is -11.4. The number of benzene rings is 2. The molecule has 6 heteroatoms. The summed E-state index contributed by atoms with van der Waals surface area (Å²) >= 11 is 0. The smallest absolute Gasteiger partial charge is 0.161 e. The number of nitriles is 1. The molecule has 2 rings (SSSR count). The van der Waals surface area contributed by atoms with Gasteiger partial charge in [-0.3, -0.25) is 0 Å². The Bertz CT molecular complexity index is 1690. The second-order valence-corrected chi connectivity index (χ2v) is 6.91. The molecule has 0 radical (unpaired) electrons. The van der Waals surface area contributed by atoms with Crippen molar-refractivity contribution in [2.24, 2.45) is 5.92 Å². The van der Waals surface area contributed by atoms with E-state index in [1.54, 1.807) is 6.07 Å². The van der Waals surface area contributed by atoms with E-state index in [1.807, 2.05) is 0 Å². The maximum Gasteiger partial charge on any atom is 0.161 e. The van der Waals surface area contributed by atoms with Gasteiger partial charge in [0.15, 0.2) is 23.0 Å². The van der Waals surface area contributed by atoms with E-state index in [0.29, 0.717) is 7.05 Å². The number of rotatable bonds is 13. The molecule has 1 atom stereocenters. The Balaban J connectivity index is 2.91. The summed E-state index contributed by atoms with van der Waals surface area (Å²) in [5, 5.41) is 10.6. The predicted molar refractivity (Wildman–Crippen MR) is 132 cm³/mol. The first kappa shape index (κ1) is 10.1. The number of hydrogen-bond donors (Lipinski definition) is 0. The maximum atomic E-state index is 10.6. The lowest BCUT2D eigenvalue weighted by atomic mass is 9.69. The molecular weight excluding hydrogens is 416 g/mol. The van der Waals surface area contributed by atoms with Crippen molar-refractivity contribution in [2.45, 2.75) is 38.4 Å². The fourth-order valence-corrected chi connectivity index (χ4v) is 2.79. The van der Waals surface area contributed by atoms with E-state index < -0.39 is 110 Å². The summed E-state index contributed by atoms with van der Waals surface area (Å²) in [5.41, 5.74) is -4.41. The van der Waals surface area contributed by atoms with Crippen LogP contribution in [-0.4, -0.2) is 53.2 Å². The summed E-state index contributed by atoms with van der Waals surface area (Å²) in [6.45, 7) is -5.14. The lowest BCUT2D eigenvalue weighted by Gasteiger charge is -2.32. The summed E-state index contributed by atoms with van der Waals surface area (Å²) < 4.78 is 178. The minimum absolute atomic E-state index is 0.129. The van der Waals surface area contributed by atoms with Crippen molar-refractivity contribution in [1.82, 2.24) is 4.90 Å². The Morgan fingerprint density at radius 3 is 2.42 bits per heavy atom. The average Bonchev–Trinajstić information content (AvgIpc) is 2.98. The molecule has 0 bridgehead atoms. The van der Waals surface area contributed by atoms with Crippen LogP contribution in [-0.2, 0) is 11.8 Å². The van der Waals surface area contributed by atoms with Crippen LogP contribution in [0.3, 0.4) is 0 Å². The Kier molecular flexibility index (Phi) is 3.80. The van der Waals surface area contributed by atoms with Crippen molar-refractivity contribution < 1.29 is 45.0 Å². The zero-order valence-corrected chi connectivity index (χ0v) is 18.8. The van der Waals surface area contributed by atoms with E-state index in [1.165, 1.54) is 13.8 Å². The molecule has 0 aliphatic heterocycles. The molecule has 0 aromatic heterocycles. The highest BCUT2D eigenvalue weighted by atomic mass is 16.5. The monoisotopic (exact) mass is 473 g/mol. The highest BCUT2D eigenvalue weighted by Gasteiger charge is 2.36. The number of likely N-dealkylation sites (N-methyl/N-ethyl adjacent to an activating group) is 1. The van der Waals surface area contributed by atoms with Crippen LogP contribution >= 0.6 is 0 Å². The third-order valence-corrected chi connectivity index (χ3v) is 4.65. The average molecular weight is 474 g/mol. The summed E-state index contributed by atoms with van der Waals surface area (Å²) in [6, 6.07) is 1.41. The summed E-state index contributed by atoms with van der Waals surface area (Å²) in [4.78, 5) is -0.129. The molecule has 6 nitrogen and oxygen atoms in total. The Labute approximate surface area is 225 Å². The van der Waals surface area contributed by atoms with Gasteiger partial charge in [0, 0.05) is 20.2 Å². The molecule has 0 saturated heterocycles. The van der Waals surface area contributed by atoms with Crippen molar-refractivity contribution in [3.63, 3.8) is 0 Å². The van der Waals surface area contributed by atoms with Gasteiger partial charge < -0.3 is 23.8 Å². The standard InChI is InChI=1S/C27H38N2O4/c1-20(2)27(19-28,22-10-12-24(31-5)26(18-22)33-7)14-8-15-29(3)16-13-21-9-11-23(30-4)25(17-21)32-6/h9-12,17-18,20H,8,13-16H2,1-7H3/i5D3,7D3,8D2,9D,11D,13D2,14D2,15D2,16D2,17D. The van der Waals surface area contributed by atoms with Crippen LogP contribution in [0.15, 0.2) is 36.3 Å². The first-order chi connectivity index (χ1) is 23.2. The maximum absolute atomic E-state index is 10.6. The number of methoxy groups -OCH3 is 4. The molecule has 180 valence electrons. The van der Waals surface area contributed by atoms with Gasteiger partial charge >= 0.3 is 0 Å². The van der Waals surface area contributed by atoms with Crippen LogP contribution < -0.4 is 18.9 Å². The number of hydrogen-bond acceptors (Lipinski definition) is 6. The van der Waals surface area contributed by atoms with Crippen molar-refractivity contribution in [2.75, 3.05) is 48.3 Å². The normalized spacial score (nSPS) is 24.2. The lowest BCUT2D eigenvalue weighted by Crippen LogP contribution is -2.32. The van der Waals surface area contributed by atoms with Gasteiger partial charge in [0.2, 0.25) is 0 Å². The van der Waals surface area contributed by atoms with E-state index in [9.17, 15) is 5.26 Å². The van der Waals surface area contributed by atoms with E-state index >= 15 is 0 Å². The highest BCUT2D eigenvalue weighted by molar-refractivity contribution is 5.47. The largest absolute Gasteiger partial charge is 0.493 e. The molecule has 0 aliphatic carbocycles. The summed E-state index contributed by atoms with van der Waals surface area (Å²) in [7, 11) is -3.66. The van der Waals surface area contributed by atoms with Crippen LogP contribution in [0.4, 0.5) is 0 Å². The molecule has 0 amide bonds. The van der Waals surface area contributed by atoms with E-state index in [2.05, 4.69) is 0 Å². The van der Waals surface area contributed by atoms with Gasteiger partial charge in [0.1, 0.15) is 0 Å². The molecule has 1 unspecified atom stereocenters. The zero-order valence-electron chi connectivity index (χ0n) is 37.8. The van der Waals surface area contributed by atoms with Crippen LogP contribution in [0.2, 0.25) is 0 Å². The van der Waals surface area contributed by atoms with Gasteiger partial charge in [0.25, 0.3) is 0 Å². The second-order valence-electron chi connectivity index (χ2n) is 6.91. The molecule has 0 N–H and O–H groups in total. The fourth-order valence-electron chi connectivity index (χ4n) is 2.79. The molecule has 0 heterocycles. The number of ether oxygens (including phenoxy) is 4. The molecule has 2 aromatic carbocycles. The first-order valence-electron chi connectivity index (χ1n) is 19.1. The quantitative estimate of drug-likeness (QED) is 0.404. The Hall–Kier alpha value is -2.91. The molecule has 0 aliphatic rings. The molecule has 0 fully saturated rings.